The van der Waals surface area contributed by atoms with Gasteiger partial charge in [-0.1, -0.05) is 6.07 Å². The molecule has 1 saturated heterocycles. The molecule has 1 heterocycles. The summed E-state index contributed by atoms with van der Waals surface area (Å²) in [5.74, 6) is -3.50. The molecular weight excluding hydrogens is 296 g/mol. The number of aliphatic carboxylic acids is 1. The Morgan fingerprint density at radius 2 is 2.05 bits per heavy atom. The molecule has 2 fully saturated rings. The number of carboxylic acid groups (broad SMARTS) is 1. The number of halogens is 2. The number of carbonyl (C=O) groups is 2. The summed E-state index contributed by atoms with van der Waals surface area (Å²) in [7, 11) is 0. The van der Waals surface area contributed by atoms with E-state index in [0.29, 0.717) is 18.5 Å². The van der Waals surface area contributed by atoms with Crippen LogP contribution in [0.25, 0.3) is 0 Å². The zero-order valence-electron chi connectivity index (χ0n) is 11.7. The quantitative estimate of drug-likeness (QED) is 0.916. The lowest BCUT2D eigenvalue weighted by molar-refractivity contribution is -0.159. The van der Waals surface area contributed by atoms with Crippen LogP contribution in [0.1, 0.15) is 17.9 Å². The van der Waals surface area contributed by atoms with Gasteiger partial charge in [0.15, 0.2) is 17.7 Å². The van der Waals surface area contributed by atoms with Crippen molar-refractivity contribution in [1.29, 1.82) is 0 Å². The van der Waals surface area contributed by atoms with Crippen LogP contribution in [0.2, 0.25) is 0 Å². The number of ether oxygens (including phenoxy) is 1. The van der Waals surface area contributed by atoms with Gasteiger partial charge in [0.25, 0.3) is 0 Å². The molecule has 5 nitrogen and oxygen atoms in total. The van der Waals surface area contributed by atoms with E-state index in [0.717, 1.165) is 12.1 Å². The third-order valence-corrected chi connectivity index (χ3v) is 4.13. The zero-order chi connectivity index (χ0) is 15.9. The molecule has 3 rings (SSSR count). The van der Waals surface area contributed by atoms with E-state index in [4.69, 9.17) is 9.84 Å². The second-order valence-electron chi connectivity index (χ2n) is 5.60. The van der Waals surface area contributed by atoms with Crippen molar-refractivity contribution < 1.29 is 28.2 Å². The van der Waals surface area contributed by atoms with Crippen LogP contribution in [0.3, 0.4) is 0 Å². The Kier molecular flexibility index (Phi) is 3.82. The summed E-state index contributed by atoms with van der Waals surface area (Å²) in [5, 5.41) is 8.94. The predicted octanol–water partition coefficient (Wildman–Crippen LogP) is 1.38. The van der Waals surface area contributed by atoms with E-state index in [9.17, 15) is 18.4 Å². The predicted molar refractivity (Wildman–Crippen MR) is 71.2 cm³/mol. The number of morpholine rings is 1. The van der Waals surface area contributed by atoms with Crippen LogP contribution in [0.5, 0.6) is 0 Å². The molecular formula is C15H15F2NO4. The highest BCUT2D eigenvalue weighted by atomic mass is 19.2. The van der Waals surface area contributed by atoms with Gasteiger partial charge in [0.05, 0.1) is 13.2 Å². The van der Waals surface area contributed by atoms with E-state index < -0.39 is 23.7 Å². The largest absolute Gasteiger partial charge is 0.479 e. The summed E-state index contributed by atoms with van der Waals surface area (Å²) in [6.45, 7) is 0.560. The average molecular weight is 311 g/mol. The van der Waals surface area contributed by atoms with E-state index >= 15 is 0 Å². The molecule has 7 heteroatoms. The standard InChI is InChI=1S/C15H15F2NO4/c16-11-2-1-8(5-12(11)17)9-6-10(9)14(19)18-3-4-22-13(7-18)15(20)21/h1-2,5,9-10,13H,3-4,6-7H2,(H,20,21). The molecule has 1 saturated carbocycles. The van der Waals surface area contributed by atoms with Crippen LogP contribution in [0, 0.1) is 17.6 Å². The summed E-state index contributed by atoms with van der Waals surface area (Å²) >= 11 is 0. The smallest absolute Gasteiger partial charge is 0.334 e. The highest BCUT2D eigenvalue weighted by molar-refractivity contribution is 5.84. The molecule has 22 heavy (non-hydrogen) atoms. The number of carboxylic acids is 1. The summed E-state index contributed by atoms with van der Waals surface area (Å²) in [6, 6.07) is 3.65. The molecule has 0 radical (unpaired) electrons. The van der Waals surface area contributed by atoms with Gasteiger partial charge in [-0.25, -0.2) is 13.6 Å². The Balaban J connectivity index is 1.65. The summed E-state index contributed by atoms with van der Waals surface area (Å²) < 4.78 is 31.2. The number of benzene rings is 1. The van der Waals surface area contributed by atoms with Crippen LogP contribution >= 0.6 is 0 Å². The lowest BCUT2D eigenvalue weighted by Gasteiger charge is -2.31. The second kappa shape index (κ2) is 5.64. The Hall–Kier alpha value is -2.02. The first-order valence-corrected chi connectivity index (χ1v) is 7.05. The molecule has 0 spiro atoms. The number of carbonyl (C=O) groups excluding carboxylic acids is 1. The highest BCUT2D eigenvalue weighted by Gasteiger charge is 2.47. The number of nitrogens with zero attached hydrogens (tertiary/aromatic N) is 1. The number of hydrogen-bond donors (Lipinski definition) is 1. The molecule has 1 aliphatic carbocycles. The minimum Gasteiger partial charge on any atom is -0.479 e. The van der Waals surface area contributed by atoms with Gasteiger partial charge in [0.1, 0.15) is 0 Å². The molecule has 1 aromatic rings. The lowest BCUT2D eigenvalue weighted by Crippen LogP contribution is -2.49. The Labute approximate surface area is 125 Å². The van der Waals surface area contributed by atoms with Crippen molar-refractivity contribution in [3.63, 3.8) is 0 Å². The first kappa shape index (κ1) is 14.9. The van der Waals surface area contributed by atoms with Crippen LogP contribution in [0.4, 0.5) is 8.78 Å². The van der Waals surface area contributed by atoms with Crippen molar-refractivity contribution in [2.24, 2.45) is 5.92 Å². The van der Waals surface area contributed by atoms with Crippen molar-refractivity contribution in [3.8, 4) is 0 Å². The first-order valence-electron chi connectivity index (χ1n) is 7.05. The molecule has 2 aliphatic rings. The lowest BCUT2D eigenvalue weighted by atomic mass is 10.1. The van der Waals surface area contributed by atoms with Crippen molar-refractivity contribution in [2.75, 3.05) is 19.7 Å². The fourth-order valence-corrected chi connectivity index (χ4v) is 2.81. The van der Waals surface area contributed by atoms with Crippen LogP contribution < -0.4 is 0 Å². The van der Waals surface area contributed by atoms with Gasteiger partial charge in [0.2, 0.25) is 5.91 Å². The van der Waals surface area contributed by atoms with Gasteiger partial charge < -0.3 is 14.7 Å². The molecule has 3 atom stereocenters. The summed E-state index contributed by atoms with van der Waals surface area (Å²) in [4.78, 5) is 24.8. The average Bonchev–Trinajstić information content (AvgIpc) is 3.30. The van der Waals surface area contributed by atoms with E-state index in [2.05, 4.69) is 0 Å². The maximum absolute atomic E-state index is 13.2. The second-order valence-corrected chi connectivity index (χ2v) is 5.60. The van der Waals surface area contributed by atoms with Gasteiger partial charge in [-0.3, -0.25) is 4.79 Å². The number of rotatable bonds is 3. The number of amides is 1. The molecule has 118 valence electrons. The maximum atomic E-state index is 13.2. The third-order valence-electron chi connectivity index (χ3n) is 4.13. The van der Waals surface area contributed by atoms with Gasteiger partial charge in [-0.15, -0.1) is 0 Å². The Morgan fingerprint density at radius 1 is 1.27 bits per heavy atom. The topological polar surface area (TPSA) is 66.8 Å². The molecule has 3 unspecified atom stereocenters. The maximum Gasteiger partial charge on any atom is 0.334 e. The summed E-state index contributed by atoms with van der Waals surface area (Å²) in [6.07, 6.45) is -0.433. The van der Waals surface area contributed by atoms with Crippen molar-refractivity contribution in [2.45, 2.75) is 18.4 Å². The SMILES string of the molecule is O=C(O)C1CN(C(=O)C2CC2c2ccc(F)c(F)c2)CCO1. The normalized spacial score (nSPS) is 27.5. The Bertz CT molecular complexity index is 622. The molecule has 1 N–H and O–H groups in total. The molecule has 1 aromatic carbocycles. The molecule has 1 aliphatic heterocycles. The molecule has 1 amide bonds. The fraction of sp³-hybridized carbons (Fsp3) is 0.467. The van der Waals surface area contributed by atoms with Crippen molar-refractivity contribution in [1.82, 2.24) is 4.90 Å². The third kappa shape index (κ3) is 2.81. The summed E-state index contributed by atoms with van der Waals surface area (Å²) in [5.41, 5.74) is 0.597. The fourth-order valence-electron chi connectivity index (χ4n) is 2.81. The van der Waals surface area contributed by atoms with Gasteiger partial charge in [-0.05, 0) is 30.0 Å². The van der Waals surface area contributed by atoms with Crippen molar-refractivity contribution in [3.05, 3.63) is 35.4 Å². The first-order chi connectivity index (χ1) is 10.5. The van der Waals surface area contributed by atoms with E-state index in [-0.39, 0.29) is 30.9 Å². The minimum absolute atomic E-state index is 0.0230. The van der Waals surface area contributed by atoms with E-state index in [1.165, 1.54) is 11.0 Å². The van der Waals surface area contributed by atoms with Crippen LogP contribution in [-0.2, 0) is 14.3 Å². The van der Waals surface area contributed by atoms with E-state index in [1.807, 2.05) is 0 Å². The van der Waals surface area contributed by atoms with Gasteiger partial charge in [-0.2, -0.15) is 0 Å². The zero-order valence-corrected chi connectivity index (χ0v) is 11.7. The van der Waals surface area contributed by atoms with Gasteiger partial charge >= 0.3 is 5.97 Å². The van der Waals surface area contributed by atoms with Gasteiger partial charge in [0, 0.05) is 12.5 Å². The molecule has 0 bridgehead atoms. The highest BCUT2D eigenvalue weighted by Crippen LogP contribution is 2.48. The number of hydrogen-bond acceptors (Lipinski definition) is 3. The van der Waals surface area contributed by atoms with E-state index in [1.54, 1.807) is 0 Å². The Morgan fingerprint density at radius 3 is 2.73 bits per heavy atom. The minimum atomic E-state index is -1.09. The van der Waals surface area contributed by atoms with Crippen LogP contribution in [-0.4, -0.2) is 47.7 Å². The molecule has 0 aromatic heterocycles. The van der Waals surface area contributed by atoms with Crippen LogP contribution in [0.15, 0.2) is 18.2 Å². The monoisotopic (exact) mass is 311 g/mol. The van der Waals surface area contributed by atoms with Crippen molar-refractivity contribution >= 4 is 11.9 Å².